The minimum Gasteiger partial charge on any atom is -0.480 e. The number of rotatable bonds is 7. The summed E-state index contributed by atoms with van der Waals surface area (Å²) < 4.78 is 0. The maximum absolute atomic E-state index is 11.9. The molecule has 0 spiro atoms. The van der Waals surface area contributed by atoms with E-state index in [1.807, 2.05) is 13.8 Å². The van der Waals surface area contributed by atoms with Gasteiger partial charge in [0.25, 0.3) is 5.91 Å². The van der Waals surface area contributed by atoms with Gasteiger partial charge in [-0.05, 0) is 19.3 Å². The average Bonchev–Trinajstić information content (AvgIpc) is 2.44. The van der Waals surface area contributed by atoms with Crippen LogP contribution in [0.5, 0.6) is 0 Å². The van der Waals surface area contributed by atoms with E-state index < -0.39 is 23.8 Å². The largest absolute Gasteiger partial charge is 0.480 e. The molecule has 1 rings (SSSR count). The summed E-state index contributed by atoms with van der Waals surface area (Å²) in [5, 5.41) is 13.8. The van der Waals surface area contributed by atoms with Crippen LogP contribution in [0.2, 0.25) is 0 Å². The van der Waals surface area contributed by atoms with Crippen LogP contribution in [0, 0.1) is 12.8 Å². The lowest BCUT2D eigenvalue weighted by atomic mass is 10.0. The van der Waals surface area contributed by atoms with Crippen LogP contribution in [0.15, 0.2) is 12.5 Å². The van der Waals surface area contributed by atoms with Gasteiger partial charge in [-0.15, -0.1) is 0 Å². The molecule has 8 nitrogen and oxygen atoms in total. The molecule has 1 heterocycles. The van der Waals surface area contributed by atoms with Crippen molar-refractivity contribution in [3.05, 3.63) is 23.8 Å². The number of carboxylic acid groups (broad SMARTS) is 1. The van der Waals surface area contributed by atoms with Crippen molar-refractivity contribution in [3.63, 3.8) is 0 Å². The number of hydrogen-bond donors (Lipinski definition) is 3. The van der Waals surface area contributed by atoms with E-state index in [9.17, 15) is 14.4 Å². The van der Waals surface area contributed by atoms with Gasteiger partial charge in [0, 0.05) is 6.20 Å². The first-order chi connectivity index (χ1) is 10.3. The highest BCUT2D eigenvalue weighted by molar-refractivity contribution is 5.97. The molecule has 1 atom stereocenters. The summed E-state index contributed by atoms with van der Waals surface area (Å²) in [6.45, 7) is 5.07. The van der Waals surface area contributed by atoms with E-state index in [1.165, 1.54) is 12.5 Å². The number of carbonyl (C=O) groups is 3. The van der Waals surface area contributed by atoms with Crippen LogP contribution in [0.1, 0.15) is 36.3 Å². The molecule has 0 aromatic carbocycles. The summed E-state index contributed by atoms with van der Waals surface area (Å²) in [5.74, 6) is -2.01. The number of carboxylic acids is 1. The zero-order chi connectivity index (χ0) is 16.7. The van der Waals surface area contributed by atoms with Crippen molar-refractivity contribution in [1.82, 2.24) is 20.6 Å². The molecule has 0 fully saturated rings. The lowest BCUT2D eigenvalue weighted by molar-refractivity contribution is -0.142. The molecule has 8 heteroatoms. The Kier molecular flexibility index (Phi) is 6.43. The number of nitrogens with one attached hydrogen (secondary N) is 2. The third-order valence-corrected chi connectivity index (χ3v) is 2.91. The summed E-state index contributed by atoms with van der Waals surface area (Å²) in [7, 11) is 0. The zero-order valence-electron chi connectivity index (χ0n) is 12.8. The SMILES string of the molecule is Cc1ncncc1C(=O)NCC(=O)N[C@@H](CC(C)C)C(=O)O. The quantitative estimate of drug-likeness (QED) is 0.658. The van der Waals surface area contributed by atoms with Gasteiger partial charge in [-0.2, -0.15) is 0 Å². The Bertz CT molecular complexity index is 560. The van der Waals surface area contributed by atoms with Crippen molar-refractivity contribution in [1.29, 1.82) is 0 Å². The Morgan fingerprint density at radius 2 is 2.00 bits per heavy atom. The van der Waals surface area contributed by atoms with Crippen molar-refractivity contribution in [2.45, 2.75) is 33.2 Å². The Hall–Kier alpha value is -2.51. The summed E-state index contributed by atoms with van der Waals surface area (Å²) in [5.41, 5.74) is 0.767. The zero-order valence-corrected chi connectivity index (χ0v) is 12.8. The molecule has 1 aromatic heterocycles. The fourth-order valence-corrected chi connectivity index (χ4v) is 1.81. The van der Waals surface area contributed by atoms with Crippen molar-refractivity contribution in [2.24, 2.45) is 5.92 Å². The first kappa shape index (κ1) is 17.5. The monoisotopic (exact) mass is 308 g/mol. The fourth-order valence-electron chi connectivity index (χ4n) is 1.81. The first-order valence-electron chi connectivity index (χ1n) is 6.88. The molecule has 120 valence electrons. The van der Waals surface area contributed by atoms with Crippen molar-refractivity contribution in [3.8, 4) is 0 Å². The maximum Gasteiger partial charge on any atom is 0.326 e. The molecule has 0 aliphatic carbocycles. The summed E-state index contributed by atoms with van der Waals surface area (Å²) in [6, 6.07) is -0.966. The highest BCUT2D eigenvalue weighted by Gasteiger charge is 2.21. The molecule has 0 bridgehead atoms. The summed E-state index contributed by atoms with van der Waals surface area (Å²) in [6.07, 6.45) is 3.00. The predicted molar refractivity (Wildman–Crippen MR) is 78.1 cm³/mol. The summed E-state index contributed by atoms with van der Waals surface area (Å²) >= 11 is 0. The molecular formula is C14H20N4O4. The van der Waals surface area contributed by atoms with Crippen LogP contribution in [-0.4, -0.2) is 45.4 Å². The Balaban J connectivity index is 2.53. The highest BCUT2D eigenvalue weighted by atomic mass is 16.4. The Labute approximate surface area is 128 Å². The Morgan fingerprint density at radius 3 is 2.55 bits per heavy atom. The third kappa shape index (κ3) is 5.47. The molecule has 2 amide bonds. The molecule has 0 saturated carbocycles. The molecule has 0 aliphatic rings. The lowest BCUT2D eigenvalue weighted by Crippen LogP contribution is -2.46. The van der Waals surface area contributed by atoms with Crippen molar-refractivity contribution in [2.75, 3.05) is 6.54 Å². The van der Waals surface area contributed by atoms with Crippen LogP contribution >= 0.6 is 0 Å². The smallest absolute Gasteiger partial charge is 0.326 e. The minimum absolute atomic E-state index is 0.125. The number of nitrogens with zero attached hydrogens (tertiary/aromatic N) is 2. The molecule has 3 N–H and O–H groups in total. The van der Waals surface area contributed by atoms with E-state index in [0.29, 0.717) is 12.1 Å². The van der Waals surface area contributed by atoms with Gasteiger partial charge in [0.1, 0.15) is 12.4 Å². The second kappa shape index (κ2) is 8.06. The Morgan fingerprint density at radius 1 is 1.32 bits per heavy atom. The lowest BCUT2D eigenvalue weighted by Gasteiger charge is -2.16. The number of aliphatic carboxylic acids is 1. The number of carbonyl (C=O) groups excluding carboxylic acids is 2. The van der Waals surface area contributed by atoms with Gasteiger partial charge in [0.05, 0.1) is 17.8 Å². The molecular weight excluding hydrogens is 288 g/mol. The number of aryl methyl sites for hydroxylation is 1. The predicted octanol–water partition coefficient (Wildman–Crippen LogP) is 0.130. The van der Waals surface area contributed by atoms with Gasteiger partial charge < -0.3 is 15.7 Å². The molecule has 1 aromatic rings. The first-order valence-corrected chi connectivity index (χ1v) is 6.88. The van der Waals surface area contributed by atoms with Gasteiger partial charge in [0.15, 0.2) is 0 Å². The summed E-state index contributed by atoms with van der Waals surface area (Å²) in [4.78, 5) is 42.3. The van der Waals surface area contributed by atoms with Crippen molar-refractivity contribution >= 4 is 17.8 Å². The van der Waals surface area contributed by atoms with E-state index in [-0.39, 0.29) is 18.0 Å². The third-order valence-electron chi connectivity index (χ3n) is 2.91. The van der Waals surface area contributed by atoms with Gasteiger partial charge >= 0.3 is 5.97 Å². The van der Waals surface area contributed by atoms with Crippen molar-refractivity contribution < 1.29 is 19.5 Å². The molecule has 0 aliphatic heterocycles. The van der Waals surface area contributed by atoms with Gasteiger partial charge in [-0.1, -0.05) is 13.8 Å². The van der Waals surface area contributed by atoms with Crippen LogP contribution in [0.4, 0.5) is 0 Å². The second-order valence-corrected chi connectivity index (χ2v) is 5.29. The number of hydrogen-bond acceptors (Lipinski definition) is 5. The molecule has 0 saturated heterocycles. The van der Waals surface area contributed by atoms with Gasteiger partial charge in [0.2, 0.25) is 5.91 Å². The van der Waals surface area contributed by atoms with E-state index in [1.54, 1.807) is 6.92 Å². The van der Waals surface area contributed by atoms with E-state index in [0.717, 1.165) is 0 Å². The molecule has 22 heavy (non-hydrogen) atoms. The van der Waals surface area contributed by atoms with Gasteiger partial charge in [-0.25, -0.2) is 14.8 Å². The highest BCUT2D eigenvalue weighted by Crippen LogP contribution is 2.05. The second-order valence-electron chi connectivity index (χ2n) is 5.29. The topological polar surface area (TPSA) is 121 Å². The normalized spacial score (nSPS) is 11.8. The molecule has 0 radical (unpaired) electrons. The van der Waals surface area contributed by atoms with Crippen LogP contribution in [0.25, 0.3) is 0 Å². The minimum atomic E-state index is -1.10. The van der Waals surface area contributed by atoms with Crippen LogP contribution in [0.3, 0.4) is 0 Å². The van der Waals surface area contributed by atoms with Crippen LogP contribution < -0.4 is 10.6 Å². The standard InChI is InChI=1S/C14H20N4O4/c1-8(2)4-11(14(21)22)18-12(19)6-16-13(20)10-5-15-7-17-9(10)3/h5,7-8,11H,4,6H2,1-3H3,(H,16,20)(H,18,19)(H,21,22)/t11-/m0/s1. The van der Waals surface area contributed by atoms with Gasteiger partial charge in [-0.3, -0.25) is 9.59 Å². The molecule has 0 unspecified atom stereocenters. The maximum atomic E-state index is 11.9. The van der Waals surface area contributed by atoms with E-state index in [4.69, 9.17) is 5.11 Å². The fraction of sp³-hybridized carbons (Fsp3) is 0.500. The average molecular weight is 308 g/mol. The number of amides is 2. The van der Waals surface area contributed by atoms with Crippen LogP contribution in [-0.2, 0) is 9.59 Å². The van der Waals surface area contributed by atoms with E-state index >= 15 is 0 Å². The van der Waals surface area contributed by atoms with E-state index in [2.05, 4.69) is 20.6 Å². The number of aromatic nitrogens is 2.